The standard InChI is InChI=1S/C11H24NO6P/c1-12(2,3)8-10-18-19(15,16)17-9-6-4-5-7-11(13)14/h4-10H2,1-3H3,(H-,13,14,15,16). The van der Waals surface area contributed by atoms with Crippen molar-refractivity contribution in [3.05, 3.63) is 0 Å². The molecule has 0 rings (SSSR count). The molecule has 0 spiro atoms. The summed E-state index contributed by atoms with van der Waals surface area (Å²) in [5.74, 6) is -0.848. The van der Waals surface area contributed by atoms with Gasteiger partial charge >= 0.3 is 5.97 Å². The molecule has 8 heteroatoms. The highest BCUT2D eigenvalue weighted by Crippen LogP contribution is 2.38. The number of phosphoric acid groups is 1. The summed E-state index contributed by atoms with van der Waals surface area (Å²) in [6.07, 6.45) is 1.72. The van der Waals surface area contributed by atoms with Gasteiger partial charge < -0.3 is 23.5 Å². The topological polar surface area (TPSA) is 95.9 Å². The number of rotatable bonds is 11. The van der Waals surface area contributed by atoms with E-state index in [-0.39, 0.29) is 19.6 Å². The Morgan fingerprint density at radius 1 is 1.16 bits per heavy atom. The van der Waals surface area contributed by atoms with Crippen molar-refractivity contribution >= 4 is 13.8 Å². The van der Waals surface area contributed by atoms with E-state index in [4.69, 9.17) is 9.63 Å². The maximum atomic E-state index is 11.3. The van der Waals surface area contributed by atoms with E-state index in [0.717, 1.165) is 0 Å². The van der Waals surface area contributed by atoms with E-state index in [9.17, 15) is 14.3 Å². The van der Waals surface area contributed by atoms with E-state index in [2.05, 4.69) is 4.52 Å². The van der Waals surface area contributed by atoms with Crippen molar-refractivity contribution in [2.75, 3.05) is 40.9 Å². The molecular weight excluding hydrogens is 273 g/mol. The average molecular weight is 297 g/mol. The highest BCUT2D eigenvalue weighted by atomic mass is 31.2. The van der Waals surface area contributed by atoms with Crippen molar-refractivity contribution in [1.82, 2.24) is 0 Å². The summed E-state index contributed by atoms with van der Waals surface area (Å²) in [6, 6.07) is 0. The van der Waals surface area contributed by atoms with Crippen LogP contribution < -0.4 is 4.89 Å². The van der Waals surface area contributed by atoms with Gasteiger partial charge in [0, 0.05) is 6.42 Å². The van der Waals surface area contributed by atoms with Crippen LogP contribution in [0.4, 0.5) is 0 Å². The molecule has 1 unspecified atom stereocenters. The number of nitrogens with zero attached hydrogens (tertiary/aromatic N) is 1. The number of unbranched alkanes of at least 4 members (excludes halogenated alkanes) is 2. The normalized spacial score (nSPS) is 15.2. The van der Waals surface area contributed by atoms with Crippen molar-refractivity contribution in [2.45, 2.75) is 25.7 Å². The molecule has 0 saturated carbocycles. The molecule has 0 aliphatic rings. The zero-order chi connectivity index (χ0) is 14.9. The molecule has 0 heterocycles. The number of carboxylic acid groups (broad SMARTS) is 1. The van der Waals surface area contributed by atoms with Crippen molar-refractivity contribution in [2.24, 2.45) is 0 Å². The van der Waals surface area contributed by atoms with Crippen LogP contribution in [-0.4, -0.2) is 56.5 Å². The molecule has 0 amide bonds. The molecule has 19 heavy (non-hydrogen) atoms. The van der Waals surface area contributed by atoms with E-state index in [1.165, 1.54) is 0 Å². The third-order valence-electron chi connectivity index (χ3n) is 2.30. The molecule has 0 aliphatic carbocycles. The van der Waals surface area contributed by atoms with Crippen LogP contribution in [0.3, 0.4) is 0 Å². The summed E-state index contributed by atoms with van der Waals surface area (Å²) in [6.45, 7) is 0.683. The van der Waals surface area contributed by atoms with Crippen LogP contribution in [0.5, 0.6) is 0 Å². The quantitative estimate of drug-likeness (QED) is 0.345. The number of hydrogen-bond acceptors (Lipinski definition) is 5. The first-order valence-corrected chi connectivity index (χ1v) is 7.71. The summed E-state index contributed by atoms with van der Waals surface area (Å²) in [5, 5.41) is 8.41. The first-order chi connectivity index (χ1) is 8.62. The van der Waals surface area contributed by atoms with Crippen molar-refractivity contribution in [3.8, 4) is 0 Å². The smallest absolute Gasteiger partial charge is 0.303 e. The third-order valence-corrected chi connectivity index (χ3v) is 3.29. The molecule has 0 fully saturated rings. The number of aliphatic carboxylic acids is 1. The van der Waals surface area contributed by atoms with Gasteiger partial charge in [0.25, 0.3) is 7.82 Å². The van der Waals surface area contributed by atoms with Gasteiger partial charge in [0.15, 0.2) is 0 Å². The van der Waals surface area contributed by atoms with E-state index in [1.54, 1.807) is 0 Å². The molecule has 7 nitrogen and oxygen atoms in total. The second-order valence-electron chi connectivity index (χ2n) is 5.33. The number of carbonyl (C=O) groups is 1. The van der Waals surface area contributed by atoms with Gasteiger partial charge in [0.1, 0.15) is 13.2 Å². The van der Waals surface area contributed by atoms with E-state index < -0.39 is 13.8 Å². The molecule has 0 aliphatic heterocycles. The summed E-state index contributed by atoms with van der Waals surface area (Å²) in [4.78, 5) is 21.6. The van der Waals surface area contributed by atoms with E-state index in [0.29, 0.717) is 30.3 Å². The SMILES string of the molecule is C[N+](C)(C)CCOP(=O)([O-])OCCCCCC(=O)O. The summed E-state index contributed by atoms with van der Waals surface area (Å²) in [7, 11) is 1.58. The van der Waals surface area contributed by atoms with Gasteiger partial charge in [-0.15, -0.1) is 0 Å². The van der Waals surface area contributed by atoms with Crippen LogP contribution in [0.2, 0.25) is 0 Å². The number of hydrogen-bond donors (Lipinski definition) is 1. The van der Waals surface area contributed by atoms with Gasteiger partial charge in [0.2, 0.25) is 0 Å². The minimum atomic E-state index is -4.22. The van der Waals surface area contributed by atoms with Crippen LogP contribution in [-0.2, 0) is 18.4 Å². The minimum Gasteiger partial charge on any atom is -0.756 e. The Balaban J connectivity index is 3.62. The fourth-order valence-electron chi connectivity index (χ4n) is 1.20. The molecule has 114 valence electrons. The lowest BCUT2D eigenvalue weighted by atomic mass is 10.2. The van der Waals surface area contributed by atoms with Crippen molar-refractivity contribution in [3.63, 3.8) is 0 Å². The fourth-order valence-corrected chi connectivity index (χ4v) is 1.93. The molecule has 0 aromatic heterocycles. The molecule has 1 N–H and O–H groups in total. The molecule has 0 aromatic rings. The zero-order valence-corrected chi connectivity index (χ0v) is 12.7. The lowest BCUT2D eigenvalue weighted by Gasteiger charge is -2.27. The Morgan fingerprint density at radius 2 is 1.74 bits per heavy atom. The summed E-state index contributed by atoms with van der Waals surface area (Å²) in [5.41, 5.74) is 0. The van der Waals surface area contributed by atoms with Crippen LogP contribution >= 0.6 is 7.82 Å². The zero-order valence-electron chi connectivity index (χ0n) is 11.8. The number of phosphoric ester groups is 1. The predicted octanol–water partition coefficient (Wildman–Crippen LogP) is 0.839. The van der Waals surface area contributed by atoms with Crippen molar-refractivity contribution in [1.29, 1.82) is 0 Å². The summed E-state index contributed by atoms with van der Waals surface area (Å²) >= 11 is 0. The van der Waals surface area contributed by atoms with Gasteiger partial charge in [-0.05, 0) is 12.8 Å². The Labute approximate surface area is 114 Å². The lowest BCUT2D eigenvalue weighted by Crippen LogP contribution is -2.37. The predicted molar refractivity (Wildman–Crippen MR) is 68.5 cm³/mol. The maximum absolute atomic E-state index is 11.3. The lowest BCUT2D eigenvalue weighted by molar-refractivity contribution is -0.870. The van der Waals surface area contributed by atoms with Crippen LogP contribution in [0.15, 0.2) is 0 Å². The first kappa shape index (κ1) is 18.5. The number of carboxylic acids is 1. The largest absolute Gasteiger partial charge is 0.756 e. The maximum Gasteiger partial charge on any atom is 0.303 e. The van der Waals surface area contributed by atoms with Gasteiger partial charge in [0.05, 0.1) is 27.7 Å². The van der Waals surface area contributed by atoms with Crippen LogP contribution in [0.1, 0.15) is 25.7 Å². The molecule has 0 aromatic carbocycles. The number of quaternary nitrogens is 1. The summed E-state index contributed by atoms with van der Waals surface area (Å²) < 4.78 is 21.3. The van der Waals surface area contributed by atoms with E-state index >= 15 is 0 Å². The van der Waals surface area contributed by atoms with Gasteiger partial charge in [-0.3, -0.25) is 9.36 Å². The van der Waals surface area contributed by atoms with Crippen LogP contribution in [0, 0.1) is 0 Å². The second kappa shape index (κ2) is 8.66. The monoisotopic (exact) mass is 297 g/mol. The third kappa shape index (κ3) is 13.8. The molecule has 1 atom stereocenters. The van der Waals surface area contributed by atoms with Gasteiger partial charge in [-0.1, -0.05) is 6.42 Å². The Hall–Kier alpha value is -0.460. The Kier molecular flexibility index (Phi) is 8.45. The number of likely N-dealkylation sites (N-methyl/N-ethyl adjacent to an activating group) is 1. The van der Waals surface area contributed by atoms with Gasteiger partial charge in [-0.2, -0.15) is 0 Å². The highest BCUT2D eigenvalue weighted by molar-refractivity contribution is 7.45. The second-order valence-corrected chi connectivity index (χ2v) is 6.74. The van der Waals surface area contributed by atoms with E-state index in [1.807, 2.05) is 21.1 Å². The Bertz CT molecular complexity index is 315. The molecular formula is C11H24NO6P. The fraction of sp³-hybridized carbons (Fsp3) is 0.909. The minimum absolute atomic E-state index is 0.0325. The molecule has 0 saturated heterocycles. The highest BCUT2D eigenvalue weighted by Gasteiger charge is 2.12. The van der Waals surface area contributed by atoms with Crippen LogP contribution in [0.25, 0.3) is 0 Å². The first-order valence-electron chi connectivity index (χ1n) is 6.25. The molecule has 0 radical (unpaired) electrons. The average Bonchev–Trinajstić information content (AvgIpc) is 2.20. The van der Waals surface area contributed by atoms with Gasteiger partial charge in [-0.25, -0.2) is 0 Å². The van der Waals surface area contributed by atoms with Crippen molar-refractivity contribution < 1.29 is 32.9 Å². The Morgan fingerprint density at radius 3 is 2.26 bits per heavy atom. The molecule has 0 bridgehead atoms.